The summed E-state index contributed by atoms with van der Waals surface area (Å²) in [5.41, 5.74) is -1.80. The molecule has 0 aliphatic rings. The number of pyridine rings is 1. The van der Waals surface area contributed by atoms with E-state index in [1.807, 2.05) is 0 Å². The van der Waals surface area contributed by atoms with Crippen molar-refractivity contribution in [2.75, 3.05) is 0 Å². The third-order valence-corrected chi connectivity index (χ3v) is 2.20. The van der Waals surface area contributed by atoms with E-state index in [1.54, 1.807) is 6.92 Å². The van der Waals surface area contributed by atoms with Gasteiger partial charge in [-0.2, -0.15) is 13.2 Å². The molecule has 0 amide bonds. The van der Waals surface area contributed by atoms with Crippen molar-refractivity contribution in [2.24, 2.45) is 0 Å². The van der Waals surface area contributed by atoms with Crippen LogP contribution in [-0.2, 0) is 12.7 Å². The van der Waals surface area contributed by atoms with Crippen molar-refractivity contribution in [2.45, 2.75) is 32.2 Å². The Hall–Kier alpha value is -1.30. The van der Waals surface area contributed by atoms with E-state index in [0.717, 1.165) is 18.2 Å². The zero-order valence-corrected chi connectivity index (χ0v) is 8.66. The minimum Gasteiger partial charge on any atom is -0.391 e. The van der Waals surface area contributed by atoms with Crippen LogP contribution in [0.1, 0.15) is 19.0 Å². The fourth-order valence-electron chi connectivity index (χ4n) is 1.30. The van der Waals surface area contributed by atoms with E-state index in [0.29, 0.717) is 11.0 Å². The summed E-state index contributed by atoms with van der Waals surface area (Å²) >= 11 is 0. The Bertz CT molecular complexity index is 411. The predicted molar refractivity (Wildman–Crippen MR) is 52.0 cm³/mol. The van der Waals surface area contributed by atoms with Crippen molar-refractivity contribution in [3.05, 3.63) is 34.2 Å². The Labute approximate surface area is 90.1 Å². The number of nitrogens with zero attached hydrogens (tertiary/aromatic N) is 1. The maximum absolute atomic E-state index is 12.5. The van der Waals surface area contributed by atoms with Gasteiger partial charge in [-0.25, -0.2) is 0 Å². The number of aliphatic hydroxyl groups is 1. The van der Waals surface area contributed by atoms with Gasteiger partial charge in [0.25, 0.3) is 5.56 Å². The highest BCUT2D eigenvalue weighted by atomic mass is 19.4. The molecule has 1 heterocycles. The number of alkyl halides is 3. The standard InChI is InChI=1S/C10H12F3NO2/c1-2-7(15)6-14-8(10(11,12)13)4-3-5-9(14)16/h3-5,7,15H,2,6H2,1H3. The summed E-state index contributed by atoms with van der Waals surface area (Å²) in [5, 5.41) is 9.30. The van der Waals surface area contributed by atoms with Crippen LogP contribution < -0.4 is 5.56 Å². The summed E-state index contributed by atoms with van der Waals surface area (Å²) in [6.07, 6.45) is -5.26. The molecule has 90 valence electrons. The second kappa shape index (κ2) is 4.69. The van der Waals surface area contributed by atoms with Gasteiger partial charge in [0, 0.05) is 6.07 Å². The number of halogens is 3. The van der Waals surface area contributed by atoms with Crippen LogP contribution in [0.2, 0.25) is 0 Å². The highest BCUT2D eigenvalue weighted by Gasteiger charge is 2.34. The Morgan fingerprint density at radius 2 is 2.06 bits per heavy atom. The van der Waals surface area contributed by atoms with E-state index in [1.165, 1.54) is 0 Å². The van der Waals surface area contributed by atoms with Crippen molar-refractivity contribution in [1.29, 1.82) is 0 Å². The average Bonchev–Trinajstić information content (AvgIpc) is 2.19. The number of hydrogen-bond donors (Lipinski definition) is 1. The lowest BCUT2D eigenvalue weighted by atomic mass is 10.2. The predicted octanol–water partition coefficient (Wildman–Crippen LogP) is 1.64. The normalized spacial score (nSPS) is 13.8. The van der Waals surface area contributed by atoms with E-state index in [2.05, 4.69) is 0 Å². The molecule has 0 spiro atoms. The summed E-state index contributed by atoms with van der Waals surface area (Å²) in [6.45, 7) is 1.29. The van der Waals surface area contributed by atoms with Crippen molar-refractivity contribution >= 4 is 0 Å². The van der Waals surface area contributed by atoms with Crippen LogP contribution >= 0.6 is 0 Å². The van der Waals surface area contributed by atoms with Gasteiger partial charge in [0.1, 0.15) is 5.69 Å². The topological polar surface area (TPSA) is 42.2 Å². The molecule has 0 saturated carbocycles. The number of hydrogen-bond acceptors (Lipinski definition) is 2. The third kappa shape index (κ3) is 2.85. The molecule has 0 fully saturated rings. The van der Waals surface area contributed by atoms with E-state index in [9.17, 15) is 23.1 Å². The lowest BCUT2D eigenvalue weighted by Gasteiger charge is -2.17. The van der Waals surface area contributed by atoms with E-state index < -0.39 is 23.5 Å². The van der Waals surface area contributed by atoms with Crippen LogP contribution in [0.25, 0.3) is 0 Å². The molecule has 0 aliphatic heterocycles. The molecule has 1 rings (SSSR count). The summed E-state index contributed by atoms with van der Waals surface area (Å²) < 4.78 is 38.2. The van der Waals surface area contributed by atoms with E-state index >= 15 is 0 Å². The van der Waals surface area contributed by atoms with Crippen LogP contribution in [0.15, 0.2) is 23.0 Å². The van der Waals surface area contributed by atoms with Gasteiger partial charge in [0.05, 0.1) is 12.6 Å². The quantitative estimate of drug-likeness (QED) is 0.865. The van der Waals surface area contributed by atoms with Crippen LogP contribution in [0.5, 0.6) is 0 Å². The van der Waals surface area contributed by atoms with Crippen LogP contribution in [-0.4, -0.2) is 15.8 Å². The van der Waals surface area contributed by atoms with Crippen molar-refractivity contribution in [3.63, 3.8) is 0 Å². The first-order valence-corrected chi connectivity index (χ1v) is 4.81. The van der Waals surface area contributed by atoms with Gasteiger partial charge in [-0.15, -0.1) is 0 Å². The highest BCUT2D eigenvalue weighted by Crippen LogP contribution is 2.28. The molecule has 1 aromatic heterocycles. The molecule has 0 radical (unpaired) electrons. The van der Waals surface area contributed by atoms with Crippen LogP contribution in [0, 0.1) is 0 Å². The number of rotatable bonds is 3. The average molecular weight is 235 g/mol. The molecule has 1 aromatic rings. The molecular weight excluding hydrogens is 223 g/mol. The molecule has 1 unspecified atom stereocenters. The van der Waals surface area contributed by atoms with E-state index in [4.69, 9.17) is 0 Å². The van der Waals surface area contributed by atoms with Crippen molar-refractivity contribution in [1.82, 2.24) is 4.57 Å². The lowest BCUT2D eigenvalue weighted by molar-refractivity contribution is -0.144. The van der Waals surface area contributed by atoms with Crippen molar-refractivity contribution in [3.8, 4) is 0 Å². The molecular formula is C10H12F3NO2. The molecule has 3 nitrogen and oxygen atoms in total. The van der Waals surface area contributed by atoms with Crippen molar-refractivity contribution < 1.29 is 18.3 Å². The van der Waals surface area contributed by atoms with Gasteiger partial charge < -0.3 is 9.67 Å². The van der Waals surface area contributed by atoms with Crippen LogP contribution in [0.3, 0.4) is 0 Å². The largest absolute Gasteiger partial charge is 0.431 e. The van der Waals surface area contributed by atoms with Gasteiger partial charge in [0.15, 0.2) is 0 Å². The number of aliphatic hydroxyl groups excluding tert-OH is 1. The van der Waals surface area contributed by atoms with Gasteiger partial charge in [-0.3, -0.25) is 4.79 Å². The summed E-state index contributed by atoms with van der Waals surface area (Å²) in [5.74, 6) is 0. The Kier molecular flexibility index (Phi) is 3.74. The monoisotopic (exact) mass is 235 g/mol. The molecule has 0 aromatic carbocycles. The molecule has 0 bridgehead atoms. The minimum absolute atomic E-state index is 0.290. The first-order chi connectivity index (χ1) is 7.36. The smallest absolute Gasteiger partial charge is 0.391 e. The zero-order chi connectivity index (χ0) is 12.3. The second-order valence-electron chi connectivity index (χ2n) is 3.42. The lowest BCUT2D eigenvalue weighted by Crippen LogP contribution is -2.31. The first kappa shape index (κ1) is 12.8. The maximum atomic E-state index is 12.5. The van der Waals surface area contributed by atoms with Gasteiger partial charge in [-0.05, 0) is 12.5 Å². The molecule has 1 N–H and O–H groups in total. The molecule has 6 heteroatoms. The summed E-state index contributed by atoms with van der Waals surface area (Å²) in [4.78, 5) is 11.3. The minimum atomic E-state index is -4.59. The van der Waals surface area contributed by atoms with Gasteiger partial charge in [0.2, 0.25) is 0 Å². The molecule has 0 saturated heterocycles. The first-order valence-electron chi connectivity index (χ1n) is 4.81. The summed E-state index contributed by atoms with van der Waals surface area (Å²) in [6, 6.07) is 2.92. The highest BCUT2D eigenvalue weighted by molar-refractivity contribution is 5.10. The van der Waals surface area contributed by atoms with Gasteiger partial charge in [-0.1, -0.05) is 13.0 Å². The van der Waals surface area contributed by atoms with Gasteiger partial charge >= 0.3 is 6.18 Å². The Balaban J connectivity index is 3.20. The fourth-order valence-corrected chi connectivity index (χ4v) is 1.30. The maximum Gasteiger partial charge on any atom is 0.431 e. The third-order valence-electron chi connectivity index (χ3n) is 2.20. The zero-order valence-electron chi connectivity index (χ0n) is 8.66. The molecule has 0 aliphatic carbocycles. The number of aromatic nitrogens is 1. The fraction of sp³-hybridized carbons (Fsp3) is 0.500. The van der Waals surface area contributed by atoms with E-state index in [-0.39, 0.29) is 6.54 Å². The van der Waals surface area contributed by atoms with Crippen LogP contribution in [0.4, 0.5) is 13.2 Å². The Morgan fingerprint density at radius 1 is 1.44 bits per heavy atom. The molecule has 1 atom stereocenters. The SMILES string of the molecule is CCC(O)Cn1c(C(F)(F)F)cccc1=O. The summed E-state index contributed by atoms with van der Waals surface area (Å²) in [7, 11) is 0. The second-order valence-corrected chi connectivity index (χ2v) is 3.42. The Morgan fingerprint density at radius 3 is 2.56 bits per heavy atom. The molecule has 16 heavy (non-hydrogen) atoms.